The number of aromatic nitrogens is 1. The Morgan fingerprint density at radius 3 is 2.80 bits per heavy atom. The van der Waals surface area contributed by atoms with Crippen molar-refractivity contribution >= 4 is 5.97 Å². The molecule has 0 saturated heterocycles. The molecule has 0 aliphatic heterocycles. The van der Waals surface area contributed by atoms with Crippen LogP contribution in [0.25, 0.3) is 0 Å². The van der Waals surface area contributed by atoms with Gasteiger partial charge in [0.05, 0.1) is 6.07 Å². The van der Waals surface area contributed by atoms with E-state index in [1.54, 1.807) is 0 Å². The Hall–Kier alpha value is -1.66. The first kappa shape index (κ1) is 9.88. The summed E-state index contributed by atoms with van der Waals surface area (Å²) in [6.45, 7) is 0. The molecule has 2 rings (SSSR count). The minimum absolute atomic E-state index is 0.0760. The molecule has 5 nitrogen and oxygen atoms in total. The minimum atomic E-state index is -2.68. The number of alkyl halides is 2. The van der Waals surface area contributed by atoms with Gasteiger partial charge >= 0.3 is 5.97 Å². The topological polar surface area (TPSA) is 72.6 Å². The molecule has 1 aliphatic rings. The van der Waals surface area contributed by atoms with Gasteiger partial charge in [-0.3, -0.25) is 0 Å². The number of hydrogen-bond donors (Lipinski definition) is 1. The second-order valence-corrected chi connectivity index (χ2v) is 3.34. The van der Waals surface area contributed by atoms with E-state index in [2.05, 4.69) is 9.68 Å². The fourth-order valence-electron chi connectivity index (χ4n) is 1.28. The molecule has 15 heavy (non-hydrogen) atoms. The average molecular weight is 219 g/mol. The normalized spacial score (nSPS) is 19.6. The molecule has 0 spiro atoms. The Balaban J connectivity index is 1.92. The summed E-state index contributed by atoms with van der Waals surface area (Å²) in [6.07, 6.45) is -1.36. The zero-order chi connectivity index (χ0) is 11.1. The van der Waals surface area contributed by atoms with Crippen LogP contribution in [-0.2, 0) is 0 Å². The number of carboxylic acids is 1. The second-order valence-electron chi connectivity index (χ2n) is 3.34. The van der Waals surface area contributed by atoms with Crippen LogP contribution >= 0.6 is 0 Å². The van der Waals surface area contributed by atoms with Gasteiger partial charge in [-0.1, -0.05) is 0 Å². The first-order valence-corrected chi connectivity index (χ1v) is 4.21. The number of ether oxygens (including phenoxy) is 1. The third-order valence-electron chi connectivity index (χ3n) is 2.04. The number of nitrogens with zero attached hydrogens (tertiary/aromatic N) is 1. The molecule has 0 radical (unpaired) electrons. The molecule has 1 N–H and O–H groups in total. The summed E-state index contributed by atoms with van der Waals surface area (Å²) in [5.74, 6) is -4.41. The van der Waals surface area contributed by atoms with Crippen molar-refractivity contribution < 1.29 is 27.9 Å². The first-order valence-electron chi connectivity index (χ1n) is 4.21. The predicted octanol–water partition coefficient (Wildman–Crippen LogP) is 1.55. The van der Waals surface area contributed by atoms with Gasteiger partial charge in [-0.15, -0.1) is 0 Å². The monoisotopic (exact) mass is 219 g/mol. The van der Waals surface area contributed by atoms with Gasteiger partial charge in [-0.05, 0) is 5.16 Å². The van der Waals surface area contributed by atoms with Gasteiger partial charge in [0.15, 0.2) is 0 Å². The Morgan fingerprint density at radius 2 is 2.33 bits per heavy atom. The molecule has 1 aromatic rings. The van der Waals surface area contributed by atoms with E-state index in [0.29, 0.717) is 0 Å². The average Bonchev–Trinajstić information content (AvgIpc) is 2.49. The van der Waals surface area contributed by atoms with Crippen LogP contribution in [0.2, 0.25) is 0 Å². The van der Waals surface area contributed by atoms with Crippen LogP contribution < -0.4 is 4.74 Å². The minimum Gasteiger partial charge on any atom is -0.475 e. The maximum Gasteiger partial charge on any atom is 0.374 e. The molecule has 7 heteroatoms. The van der Waals surface area contributed by atoms with Crippen LogP contribution in [0.15, 0.2) is 10.6 Å². The number of carbonyl (C=O) groups is 1. The lowest BCUT2D eigenvalue weighted by Gasteiger charge is -2.33. The molecular weight excluding hydrogens is 212 g/mol. The zero-order valence-electron chi connectivity index (χ0n) is 7.44. The van der Waals surface area contributed by atoms with Crippen LogP contribution in [0.3, 0.4) is 0 Å². The van der Waals surface area contributed by atoms with Crippen LogP contribution in [0, 0.1) is 0 Å². The van der Waals surface area contributed by atoms with Crippen molar-refractivity contribution in [2.45, 2.75) is 24.9 Å². The van der Waals surface area contributed by atoms with E-state index in [-0.39, 0.29) is 24.5 Å². The lowest BCUT2D eigenvalue weighted by atomic mass is 9.91. The highest BCUT2D eigenvalue weighted by Gasteiger charge is 2.47. The van der Waals surface area contributed by atoms with Crippen LogP contribution in [0.1, 0.15) is 23.4 Å². The van der Waals surface area contributed by atoms with Gasteiger partial charge < -0.3 is 14.4 Å². The second kappa shape index (κ2) is 3.18. The fraction of sp³-hybridized carbons (Fsp3) is 0.500. The van der Waals surface area contributed by atoms with Crippen LogP contribution in [0.4, 0.5) is 8.78 Å². The molecule has 1 heterocycles. The summed E-state index contributed by atoms with van der Waals surface area (Å²) in [4.78, 5) is 10.4. The standard InChI is InChI=1S/C8H7F2NO4/c9-8(10)2-4(3-8)14-6-1-5(7(12)13)15-11-6/h1,4H,2-3H2,(H,12,13). The summed E-state index contributed by atoms with van der Waals surface area (Å²) in [5, 5.41) is 11.8. The molecule has 0 amide bonds. The van der Waals surface area contributed by atoms with Gasteiger partial charge in [-0.2, -0.15) is 0 Å². The van der Waals surface area contributed by atoms with Gasteiger partial charge in [0, 0.05) is 12.8 Å². The third kappa shape index (κ3) is 2.05. The van der Waals surface area contributed by atoms with Crippen LogP contribution in [-0.4, -0.2) is 28.3 Å². The van der Waals surface area contributed by atoms with Crippen molar-refractivity contribution in [3.05, 3.63) is 11.8 Å². The maximum atomic E-state index is 12.4. The van der Waals surface area contributed by atoms with E-state index in [9.17, 15) is 13.6 Å². The highest BCUT2D eigenvalue weighted by molar-refractivity contribution is 5.84. The Kier molecular flexibility index (Phi) is 2.09. The van der Waals surface area contributed by atoms with Crippen molar-refractivity contribution in [1.29, 1.82) is 0 Å². The zero-order valence-corrected chi connectivity index (χ0v) is 7.44. The Morgan fingerprint density at radius 1 is 1.67 bits per heavy atom. The van der Waals surface area contributed by atoms with Crippen molar-refractivity contribution in [2.24, 2.45) is 0 Å². The Bertz CT molecular complexity index is 382. The smallest absolute Gasteiger partial charge is 0.374 e. The van der Waals surface area contributed by atoms with Crippen molar-refractivity contribution in [3.8, 4) is 5.88 Å². The van der Waals surface area contributed by atoms with Crippen molar-refractivity contribution in [2.75, 3.05) is 0 Å². The Labute approximate surface area is 82.6 Å². The van der Waals surface area contributed by atoms with Gasteiger partial charge in [0.1, 0.15) is 6.10 Å². The quantitative estimate of drug-likeness (QED) is 0.834. The summed E-state index contributed by atoms with van der Waals surface area (Å²) in [7, 11) is 0. The van der Waals surface area contributed by atoms with E-state index in [1.165, 1.54) is 0 Å². The number of aromatic carboxylic acids is 1. The van der Waals surface area contributed by atoms with Crippen molar-refractivity contribution in [1.82, 2.24) is 5.16 Å². The molecule has 0 bridgehead atoms. The summed E-state index contributed by atoms with van der Waals surface area (Å²) < 4.78 is 34.2. The number of rotatable bonds is 3. The number of carboxylic acid groups (broad SMARTS) is 1. The molecule has 1 fully saturated rings. The van der Waals surface area contributed by atoms with E-state index in [0.717, 1.165) is 6.07 Å². The highest BCUT2D eigenvalue weighted by atomic mass is 19.3. The van der Waals surface area contributed by atoms with Gasteiger partial charge in [-0.25, -0.2) is 13.6 Å². The molecule has 0 unspecified atom stereocenters. The molecular formula is C8H7F2NO4. The molecule has 1 aliphatic carbocycles. The summed E-state index contributed by atoms with van der Waals surface area (Å²) in [6, 6.07) is 1.05. The highest BCUT2D eigenvalue weighted by Crippen LogP contribution is 2.39. The summed E-state index contributed by atoms with van der Waals surface area (Å²) in [5.41, 5.74) is 0. The maximum absolute atomic E-state index is 12.4. The molecule has 1 aromatic heterocycles. The van der Waals surface area contributed by atoms with E-state index in [4.69, 9.17) is 9.84 Å². The number of hydrogen-bond acceptors (Lipinski definition) is 4. The summed E-state index contributed by atoms with van der Waals surface area (Å²) >= 11 is 0. The molecule has 0 aromatic carbocycles. The SMILES string of the molecule is O=C(O)c1cc(OC2CC(F)(F)C2)no1. The van der Waals surface area contributed by atoms with Crippen LogP contribution in [0.5, 0.6) is 5.88 Å². The van der Waals surface area contributed by atoms with Crippen molar-refractivity contribution in [3.63, 3.8) is 0 Å². The lowest BCUT2D eigenvalue weighted by Crippen LogP contribution is -2.43. The van der Waals surface area contributed by atoms with E-state index < -0.39 is 18.0 Å². The molecule has 1 saturated carbocycles. The number of halogens is 2. The van der Waals surface area contributed by atoms with Gasteiger partial charge in [0.2, 0.25) is 5.76 Å². The molecule has 0 atom stereocenters. The lowest BCUT2D eigenvalue weighted by molar-refractivity contribution is -0.135. The molecule has 82 valence electrons. The third-order valence-corrected chi connectivity index (χ3v) is 2.04. The van der Waals surface area contributed by atoms with E-state index in [1.807, 2.05) is 0 Å². The predicted molar refractivity (Wildman–Crippen MR) is 42.1 cm³/mol. The fourth-order valence-corrected chi connectivity index (χ4v) is 1.28. The van der Waals surface area contributed by atoms with Gasteiger partial charge in [0.25, 0.3) is 11.8 Å². The first-order chi connectivity index (χ1) is 6.96. The van der Waals surface area contributed by atoms with E-state index >= 15 is 0 Å². The largest absolute Gasteiger partial charge is 0.475 e.